The third-order valence-electron chi connectivity index (χ3n) is 5.16. The smallest absolute Gasteiger partial charge is 0.276 e. The van der Waals surface area contributed by atoms with Crippen LogP contribution in [0.25, 0.3) is 0 Å². The van der Waals surface area contributed by atoms with Gasteiger partial charge < -0.3 is 14.8 Å². The van der Waals surface area contributed by atoms with Crippen LogP contribution in [0.4, 0.5) is 11.4 Å². The van der Waals surface area contributed by atoms with Crippen molar-refractivity contribution in [3.63, 3.8) is 0 Å². The zero-order valence-corrected chi connectivity index (χ0v) is 21.8. The molecule has 0 saturated heterocycles. The Labute approximate surface area is 226 Å². The van der Waals surface area contributed by atoms with Gasteiger partial charge in [-0.15, -0.1) is 0 Å². The highest BCUT2D eigenvalue weighted by Crippen LogP contribution is 2.30. The Morgan fingerprint density at radius 2 is 1.79 bits per heavy atom. The first-order chi connectivity index (χ1) is 18.1. The SMILES string of the molecule is COc1cc(NC(=O)c2ccn(COc3ccc([N+](=O)[O-])cc3Cl)n2)cc(S(=O)(=O)c2ccc(Cl)cc2)c1. The van der Waals surface area contributed by atoms with E-state index >= 15 is 0 Å². The van der Waals surface area contributed by atoms with Crippen molar-refractivity contribution < 1.29 is 27.6 Å². The fourth-order valence-corrected chi connectivity index (χ4v) is 4.95. The van der Waals surface area contributed by atoms with E-state index in [9.17, 15) is 23.3 Å². The van der Waals surface area contributed by atoms with Gasteiger partial charge in [-0.25, -0.2) is 13.1 Å². The number of rotatable bonds is 9. The summed E-state index contributed by atoms with van der Waals surface area (Å²) in [5.74, 6) is -0.195. The van der Waals surface area contributed by atoms with Crippen molar-refractivity contribution in [2.24, 2.45) is 0 Å². The van der Waals surface area contributed by atoms with Gasteiger partial charge in [-0.3, -0.25) is 14.9 Å². The van der Waals surface area contributed by atoms with Crippen LogP contribution in [0.1, 0.15) is 10.5 Å². The minimum Gasteiger partial charge on any atom is -0.497 e. The summed E-state index contributed by atoms with van der Waals surface area (Å²) in [6, 6.07) is 15.0. The Morgan fingerprint density at radius 1 is 1.05 bits per heavy atom. The number of nitrogens with one attached hydrogen (secondary N) is 1. The number of halogens is 2. The number of non-ortho nitro benzene ring substituents is 1. The fraction of sp³-hybridized carbons (Fsp3) is 0.0833. The molecule has 3 aromatic carbocycles. The minimum absolute atomic E-state index is 0.0216. The normalized spacial score (nSPS) is 11.1. The summed E-state index contributed by atoms with van der Waals surface area (Å²) in [5, 5.41) is 18.0. The van der Waals surface area contributed by atoms with Crippen LogP contribution in [0.15, 0.2) is 82.7 Å². The third-order valence-corrected chi connectivity index (χ3v) is 7.46. The van der Waals surface area contributed by atoms with Crippen LogP contribution in [-0.2, 0) is 16.6 Å². The van der Waals surface area contributed by atoms with Gasteiger partial charge in [0.25, 0.3) is 11.6 Å². The molecular weight excluding hydrogens is 559 g/mol. The second-order valence-electron chi connectivity index (χ2n) is 7.69. The summed E-state index contributed by atoms with van der Waals surface area (Å²) in [6.07, 6.45) is 1.48. The van der Waals surface area contributed by atoms with Gasteiger partial charge >= 0.3 is 0 Å². The molecular formula is C24H18Cl2N4O7S. The van der Waals surface area contributed by atoms with Crippen molar-refractivity contribution in [1.82, 2.24) is 9.78 Å². The topological polar surface area (TPSA) is 143 Å². The van der Waals surface area contributed by atoms with Crippen LogP contribution in [0.5, 0.6) is 11.5 Å². The molecule has 0 aliphatic rings. The number of carbonyl (C=O) groups is 1. The van der Waals surface area contributed by atoms with Gasteiger partial charge in [0.05, 0.1) is 26.8 Å². The maximum absolute atomic E-state index is 13.1. The minimum atomic E-state index is -3.93. The number of aromatic nitrogens is 2. The number of methoxy groups -OCH3 is 1. The van der Waals surface area contributed by atoms with Gasteiger partial charge in [-0.2, -0.15) is 5.10 Å². The molecule has 1 aromatic heterocycles. The average Bonchev–Trinajstić information content (AvgIpc) is 3.37. The maximum Gasteiger partial charge on any atom is 0.276 e. The van der Waals surface area contributed by atoms with E-state index in [-0.39, 0.29) is 50.1 Å². The highest BCUT2D eigenvalue weighted by molar-refractivity contribution is 7.91. The molecule has 1 N–H and O–H groups in total. The molecule has 1 amide bonds. The van der Waals surface area contributed by atoms with E-state index in [1.54, 1.807) is 0 Å². The average molecular weight is 577 g/mol. The summed E-state index contributed by atoms with van der Waals surface area (Å²) < 4.78 is 38.3. The molecule has 0 aliphatic heterocycles. The highest BCUT2D eigenvalue weighted by atomic mass is 35.5. The second-order valence-corrected chi connectivity index (χ2v) is 10.5. The van der Waals surface area contributed by atoms with Gasteiger partial charge in [0.1, 0.15) is 11.5 Å². The molecule has 1 heterocycles. The lowest BCUT2D eigenvalue weighted by Crippen LogP contribution is -2.15. The van der Waals surface area contributed by atoms with E-state index < -0.39 is 20.7 Å². The molecule has 0 fully saturated rings. The first-order valence-corrected chi connectivity index (χ1v) is 12.9. The molecule has 0 radical (unpaired) electrons. The Morgan fingerprint density at radius 3 is 2.45 bits per heavy atom. The van der Waals surface area contributed by atoms with Crippen LogP contribution in [-0.4, -0.2) is 36.1 Å². The Balaban J connectivity index is 1.49. The first kappa shape index (κ1) is 26.9. The van der Waals surface area contributed by atoms with Crippen molar-refractivity contribution in [2.45, 2.75) is 16.5 Å². The molecule has 0 unspecified atom stereocenters. The van der Waals surface area contributed by atoms with Crippen LogP contribution in [0.2, 0.25) is 10.0 Å². The van der Waals surface area contributed by atoms with Gasteiger partial charge in [0, 0.05) is 35.1 Å². The number of nitrogens with zero attached hydrogens (tertiary/aromatic N) is 3. The van der Waals surface area contributed by atoms with E-state index in [2.05, 4.69) is 10.4 Å². The summed E-state index contributed by atoms with van der Waals surface area (Å²) >= 11 is 11.9. The van der Waals surface area contributed by atoms with Crippen LogP contribution < -0.4 is 14.8 Å². The number of nitro groups is 1. The predicted molar refractivity (Wildman–Crippen MR) is 139 cm³/mol. The molecule has 0 atom stereocenters. The highest BCUT2D eigenvalue weighted by Gasteiger charge is 2.21. The number of anilines is 1. The van der Waals surface area contributed by atoms with Gasteiger partial charge in [-0.05, 0) is 48.5 Å². The maximum atomic E-state index is 13.1. The first-order valence-electron chi connectivity index (χ1n) is 10.7. The molecule has 11 nitrogen and oxygen atoms in total. The molecule has 14 heteroatoms. The number of hydrogen-bond donors (Lipinski definition) is 1. The van der Waals surface area contributed by atoms with Crippen LogP contribution in [0.3, 0.4) is 0 Å². The second kappa shape index (κ2) is 11.1. The lowest BCUT2D eigenvalue weighted by molar-refractivity contribution is -0.384. The Bertz CT molecular complexity index is 1620. The van der Waals surface area contributed by atoms with Gasteiger partial charge in [0.15, 0.2) is 12.4 Å². The van der Waals surface area contributed by atoms with Crippen molar-refractivity contribution in [3.05, 3.63) is 98.8 Å². The van der Waals surface area contributed by atoms with E-state index in [0.29, 0.717) is 5.02 Å². The third kappa shape index (κ3) is 6.05. The van der Waals surface area contributed by atoms with Crippen molar-refractivity contribution >= 4 is 50.3 Å². The van der Waals surface area contributed by atoms with Gasteiger partial charge in [0.2, 0.25) is 9.84 Å². The number of benzene rings is 3. The number of sulfone groups is 1. The summed E-state index contributed by atoms with van der Waals surface area (Å²) in [7, 11) is -2.55. The zero-order valence-electron chi connectivity index (χ0n) is 19.5. The number of carbonyl (C=O) groups excluding carboxylic acids is 1. The fourth-order valence-electron chi connectivity index (χ4n) is 3.27. The number of ether oxygens (including phenoxy) is 2. The zero-order chi connectivity index (χ0) is 27.4. The summed E-state index contributed by atoms with van der Waals surface area (Å²) in [6.45, 7) is -0.131. The molecule has 4 rings (SSSR count). The Kier molecular flexibility index (Phi) is 7.86. The summed E-state index contributed by atoms with van der Waals surface area (Å²) in [5.41, 5.74) is 0.0146. The van der Waals surface area contributed by atoms with Gasteiger partial charge in [-0.1, -0.05) is 23.2 Å². The molecule has 196 valence electrons. The molecule has 0 saturated carbocycles. The molecule has 0 spiro atoms. The lowest BCUT2D eigenvalue weighted by Gasteiger charge is -2.11. The molecule has 0 aliphatic carbocycles. The molecule has 38 heavy (non-hydrogen) atoms. The largest absolute Gasteiger partial charge is 0.497 e. The van der Waals surface area contributed by atoms with Crippen molar-refractivity contribution in [1.29, 1.82) is 0 Å². The Hall–Kier alpha value is -4.13. The van der Waals surface area contributed by atoms with Crippen LogP contribution in [0, 0.1) is 10.1 Å². The summed E-state index contributed by atoms with van der Waals surface area (Å²) in [4.78, 5) is 23.0. The van der Waals surface area contributed by atoms with E-state index in [4.69, 9.17) is 32.7 Å². The van der Waals surface area contributed by atoms with E-state index in [1.807, 2.05) is 0 Å². The molecule has 0 bridgehead atoms. The van der Waals surface area contributed by atoms with Crippen molar-refractivity contribution in [2.75, 3.05) is 12.4 Å². The lowest BCUT2D eigenvalue weighted by atomic mass is 10.3. The van der Waals surface area contributed by atoms with E-state index in [1.165, 1.54) is 78.7 Å². The quantitative estimate of drug-likeness (QED) is 0.211. The van der Waals surface area contributed by atoms with Crippen LogP contribution >= 0.6 is 23.2 Å². The van der Waals surface area contributed by atoms with E-state index in [0.717, 1.165) is 6.07 Å². The number of nitro benzene ring substituents is 1. The number of amides is 1. The standard InChI is InChI=1S/C24H18Cl2N4O7S/c1-36-18-10-16(11-20(13-18)38(34,35)19-5-2-15(25)3-6-19)27-24(31)22-8-9-29(28-22)14-37-23-7-4-17(30(32)33)12-21(23)26/h2-13H,14H2,1H3,(H,27,31). The molecule has 4 aromatic rings. The number of hydrogen-bond acceptors (Lipinski definition) is 8. The van der Waals surface area contributed by atoms with Crippen molar-refractivity contribution in [3.8, 4) is 11.5 Å². The predicted octanol–water partition coefficient (Wildman–Crippen LogP) is 5.23. The monoisotopic (exact) mass is 576 g/mol.